The molecule has 0 saturated carbocycles. The Labute approximate surface area is 76.0 Å². The molecule has 1 N–H and O–H groups in total. The van der Waals surface area contributed by atoms with Crippen LogP contribution < -0.4 is 11.0 Å². The minimum atomic E-state index is -0.154. The van der Waals surface area contributed by atoms with Crippen LogP contribution in [0.2, 0.25) is 0 Å². The Kier molecular flexibility index (Phi) is 2.83. The molecular weight excluding hydrogens is 178 g/mol. The van der Waals surface area contributed by atoms with Crippen molar-refractivity contribution >= 4 is 12.4 Å². The average molecular weight is 188 g/mol. The van der Waals surface area contributed by atoms with Gasteiger partial charge in [0.05, 0.1) is 6.04 Å². The third-order valence-electron chi connectivity index (χ3n) is 1.89. The minimum absolute atomic E-state index is 0. The maximum absolute atomic E-state index is 11.1. The number of halogens is 1. The van der Waals surface area contributed by atoms with E-state index in [0.29, 0.717) is 6.04 Å². The van der Waals surface area contributed by atoms with E-state index in [1.807, 2.05) is 0 Å². The molecule has 1 fully saturated rings. The molecule has 66 valence electrons. The highest BCUT2D eigenvalue weighted by Gasteiger charge is 2.18. The highest BCUT2D eigenvalue weighted by atomic mass is 35.5. The smallest absolute Gasteiger partial charge is 0.313 e. The van der Waals surface area contributed by atoms with Gasteiger partial charge in [0.2, 0.25) is 0 Å². The summed E-state index contributed by atoms with van der Waals surface area (Å²) in [5.74, 6) is 0. The molecule has 4 nitrogen and oxygen atoms in total. The monoisotopic (exact) mass is 187 g/mol. The van der Waals surface area contributed by atoms with E-state index in [4.69, 9.17) is 0 Å². The fourth-order valence-corrected chi connectivity index (χ4v) is 1.12. The van der Waals surface area contributed by atoms with Crippen molar-refractivity contribution in [3.8, 4) is 0 Å². The van der Waals surface area contributed by atoms with Gasteiger partial charge in [-0.2, -0.15) is 0 Å². The van der Waals surface area contributed by atoms with Gasteiger partial charge in [-0.15, -0.1) is 12.4 Å². The van der Waals surface area contributed by atoms with Crippen LogP contribution in [-0.2, 0) is 0 Å². The lowest BCUT2D eigenvalue weighted by Crippen LogP contribution is -2.47. The number of nitrogens with zero attached hydrogens (tertiary/aromatic N) is 2. The third kappa shape index (κ3) is 1.49. The van der Waals surface area contributed by atoms with Gasteiger partial charge >= 0.3 is 5.69 Å². The second-order valence-electron chi connectivity index (χ2n) is 2.62. The molecular formula is C7H10ClN3O. The van der Waals surface area contributed by atoms with Gasteiger partial charge in [0.25, 0.3) is 0 Å². The van der Waals surface area contributed by atoms with Gasteiger partial charge in [-0.05, 0) is 6.07 Å². The zero-order chi connectivity index (χ0) is 7.68. The molecule has 12 heavy (non-hydrogen) atoms. The summed E-state index contributed by atoms with van der Waals surface area (Å²) in [6.45, 7) is 1.76. The fourth-order valence-electron chi connectivity index (χ4n) is 1.12. The third-order valence-corrected chi connectivity index (χ3v) is 1.89. The number of rotatable bonds is 1. The zero-order valence-electron chi connectivity index (χ0n) is 6.43. The molecule has 0 radical (unpaired) electrons. The number of nitrogens with one attached hydrogen (secondary N) is 1. The molecule has 2 heterocycles. The number of hydrogen-bond donors (Lipinski definition) is 1. The topological polar surface area (TPSA) is 46.9 Å². The van der Waals surface area contributed by atoms with Gasteiger partial charge in [0.15, 0.2) is 0 Å². The lowest BCUT2D eigenvalue weighted by atomic mass is 10.2. The van der Waals surface area contributed by atoms with Crippen LogP contribution in [0.15, 0.2) is 23.3 Å². The lowest BCUT2D eigenvalue weighted by molar-refractivity contribution is 0.332. The highest BCUT2D eigenvalue weighted by Crippen LogP contribution is 2.06. The fraction of sp³-hybridized carbons (Fsp3) is 0.429. The lowest BCUT2D eigenvalue weighted by Gasteiger charge is -2.28. The maximum atomic E-state index is 11.1. The van der Waals surface area contributed by atoms with Crippen LogP contribution in [0.5, 0.6) is 0 Å². The molecule has 0 amide bonds. The summed E-state index contributed by atoms with van der Waals surface area (Å²) in [5, 5.41) is 3.10. The molecule has 1 aliphatic rings. The second kappa shape index (κ2) is 3.69. The molecule has 0 bridgehead atoms. The summed E-state index contributed by atoms with van der Waals surface area (Å²) in [6, 6.07) is 2.09. The van der Waals surface area contributed by atoms with Crippen LogP contribution >= 0.6 is 12.4 Å². The van der Waals surface area contributed by atoms with Gasteiger partial charge < -0.3 is 5.32 Å². The summed E-state index contributed by atoms with van der Waals surface area (Å²) in [7, 11) is 0. The number of aromatic nitrogens is 2. The van der Waals surface area contributed by atoms with E-state index in [1.165, 1.54) is 6.20 Å². The Balaban J connectivity index is 0.000000720. The van der Waals surface area contributed by atoms with E-state index in [2.05, 4.69) is 10.3 Å². The van der Waals surface area contributed by atoms with Crippen LogP contribution in [0.4, 0.5) is 0 Å². The first-order chi connectivity index (χ1) is 5.38. The van der Waals surface area contributed by atoms with Crippen molar-refractivity contribution in [2.24, 2.45) is 0 Å². The molecule has 5 heteroatoms. The standard InChI is InChI=1S/C7H9N3O.ClH/c11-7-9-2-1-3-10(7)6-4-8-5-6;/h1-3,6,8H,4-5H2;1H. The molecule has 1 saturated heterocycles. The summed E-state index contributed by atoms with van der Waals surface area (Å²) < 4.78 is 1.66. The van der Waals surface area contributed by atoms with Gasteiger partial charge in [-0.25, -0.2) is 9.78 Å². The van der Waals surface area contributed by atoms with E-state index in [1.54, 1.807) is 16.8 Å². The molecule has 0 aliphatic carbocycles. The first kappa shape index (κ1) is 9.22. The van der Waals surface area contributed by atoms with Crippen LogP contribution in [0.3, 0.4) is 0 Å². The van der Waals surface area contributed by atoms with E-state index < -0.39 is 0 Å². The van der Waals surface area contributed by atoms with E-state index >= 15 is 0 Å². The van der Waals surface area contributed by atoms with Crippen molar-refractivity contribution < 1.29 is 0 Å². The summed E-state index contributed by atoms with van der Waals surface area (Å²) in [6.07, 6.45) is 3.30. The molecule has 1 aromatic rings. The van der Waals surface area contributed by atoms with Crippen molar-refractivity contribution in [2.75, 3.05) is 13.1 Å². The second-order valence-corrected chi connectivity index (χ2v) is 2.62. The van der Waals surface area contributed by atoms with E-state index in [-0.39, 0.29) is 18.1 Å². The Morgan fingerprint density at radius 1 is 1.58 bits per heavy atom. The first-order valence-corrected chi connectivity index (χ1v) is 3.62. The Morgan fingerprint density at radius 3 is 2.83 bits per heavy atom. The number of hydrogen-bond acceptors (Lipinski definition) is 3. The molecule has 0 spiro atoms. The predicted octanol–water partition coefficient (Wildman–Crippen LogP) is -0.191. The Bertz CT molecular complexity index is 308. The summed E-state index contributed by atoms with van der Waals surface area (Å²) >= 11 is 0. The normalized spacial score (nSPS) is 16.3. The predicted molar refractivity (Wildman–Crippen MR) is 47.7 cm³/mol. The average Bonchev–Trinajstić information content (AvgIpc) is 1.90. The molecule has 0 aromatic carbocycles. The van der Waals surface area contributed by atoms with Crippen molar-refractivity contribution in [3.05, 3.63) is 28.9 Å². The molecule has 1 aromatic heterocycles. The van der Waals surface area contributed by atoms with Crippen molar-refractivity contribution in [2.45, 2.75) is 6.04 Å². The quantitative estimate of drug-likeness (QED) is 0.663. The van der Waals surface area contributed by atoms with Gasteiger partial charge in [0.1, 0.15) is 0 Å². The van der Waals surface area contributed by atoms with Gasteiger partial charge in [-0.1, -0.05) is 0 Å². The van der Waals surface area contributed by atoms with Crippen molar-refractivity contribution in [1.29, 1.82) is 0 Å². The van der Waals surface area contributed by atoms with Crippen molar-refractivity contribution in [1.82, 2.24) is 14.9 Å². The molecule has 1 aliphatic heterocycles. The minimum Gasteiger partial charge on any atom is -0.313 e. The zero-order valence-corrected chi connectivity index (χ0v) is 7.25. The Hall–Kier alpha value is -0.870. The largest absolute Gasteiger partial charge is 0.347 e. The van der Waals surface area contributed by atoms with E-state index in [0.717, 1.165) is 13.1 Å². The van der Waals surface area contributed by atoms with Gasteiger partial charge in [-0.3, -0.25) is 4.57 Å². The van der Waals surface area contributed by atoms with Crippen LogP contribution in [0.1, 0.15) is 6.04 Å². The molecule has 0 atom stereocenters. The molecule has 0 unspecified atom stereocenters. The molecule has 2 rings (SSSR count). The van der Waals surface area contributed by atoms with E-state index in [9.17, 15) is 4.79 Å². The van der Waals surface area contributed by atoms with Crippen LogP contribution in [0.25, 0.3) is 0 Å². The SMILES string of the molecule is Cl.O=c1ncccn1C1CNC1. The summed E-state index contributed by atoms with van der Waals surface area (Å²) in [4.78, 5) is 14.7. The first-order valence-electron chi connectivity index (χ1n) is 3.62. The van der Waals surface area contributed by atoms with Crippen LogP contribution in [-0.4, -0.2) is 22.6 Å². The Morgan fingerprint density at radius 2 is 2.33 bits per heavy atom. The summed E-state index contributed by atoms with van der Waals surface area (Å²) in [5.41, 5.74) is -0.154. The maximum Gasteiger partial charge on any atom is 0.347 e. The van der Waals surface area contributed by atoms with Crippen LogP contribution in [0, 0.1) is 0 Å². The van der Waals surface area contributed by atoms with Gasteiger partial charge in [0, 0.05) is 25.5 Å². The van der Waals surface area contributed by atoms with Crippen molar-refractivity contribution in [3.63, 3.8) is 0 Å². The highest BCUT2D eigenvalue weighted by molar-refractivity contribution is 5.85.